The quantitative estimate of drug-likeness (QED) is 0.862. The van der Waals surface area contributed by atoms with E-state index in [1.807, 2.05) is 6.07 Å². The maximum Gasteiger partial charge on any atom is 0.145 e. The third-order valence-corrected chi connectivity index (χ3v) is 3.06. The summed E-state index contributed by atoms with van der Waals surface area (Å²) in [6.45, 7) is 5.27. The van der Waals surface area contributed by atoms with E-state index in [2.05, 4.69) is 53.4 Å². The van der Waals surface area contributed by atoms with E-state index >= 15 is 0 Å². The molecule has 1 N–H and O–H groups in total. The molecule has 2 rings (SSSR count). The molecule has 0 bridgehead atoms. The standard InChI is InChI=1S/C16H21N3/c1-3-8-17-15(16-18-9-5-10-19-16)12-14-7-4-6-13(2)11-14/h4-7,9-11,15,17H,3,8,12H2,1-2H3. The van der Waals surface area contributed by atoms with Gasteiger partial charge in [0.15, 0.2) is 0 Å². The number of nitrogens with one attached hydrogen (secondary N) is 1. The van der Waals surface area contributed by atoms with Crippen LogP contribution in [0, 0.1) is 6.92 Å². The van der Waals surface area contributed by atoms with E-state index in [1.54, 1.807) is 12.4 Å². The van der Waals surface area contributed by atoms with Gasteiger partial charge >= 0.3 is 0 Å². The van der Waals surface area contributed by atoms with Crippen molar-refractivity contribution in [1.29, 1.82) is 0 Å². The van der Waals surface area contributed by atoms with E-state index in [0.717, 1.165) is 25.2 Å². The monoisotopic (exact) mass is 255 g/mol. The Morgan fingerprint density at radius 2 is 1.95 bits per heavy atom. The lowest BCUT2D eigenvalue weighted by atomic mass is 10.0. The fourth-order valence-corrected chi connectivity index (χ4v) is 2.14. The molecule has 0 spiro atoms. The molecule has 0 fully saturated rings. The molecule has 0 aliphatic rings. The van der Waals surface area contributed by atoms with Crippen LogP contribution in [-0.2, 0) is 6.42 Å². The molecule has 1 unspecified atom stereocenters. The van der Waals surface area contributed by atoms with Gasteiger partial charge < -0.3 is 5.32 Å². The summed E-state index contributed by atoms with van der Waals surface area (Å²) < 4.78 is 0. The summed E-state index contributed by atoms with van der Waals surface area (Å²) in [5.41, 5.74) is 2.61. The minimum atomic E-state index is 0.183. The fraction of sp³-hybridized carbons (Fsp3) is 0.375. The van der Waals surface area contributed by atoms with E-state index < -0.39 is 0 Å². The van der Waals surface area contributed by atoms with Crippen molar-refractivity contribution in [2.24, 2.45) is 0 Å². The van der Waals surface area contributed by atoms with Gasteiger partial charge in [-0.15, -0.1) is 0 Å². The van der Waals surface area contributed by atoms with Crippen LogP contribution in [0.3, 0.4) is 0 Å². The molecule has 0 radical (unpaired) electrons. The Hall–Kier alpha value is -1.74. The van der Waals surface area contributed by atoms with Crippen molar-refractivity contribution >= 4 is 0 Å². The molecule has 19 heavy (non-hydrogen) atoms. The first kappa shape index (κ1) is 13.7. The van der Waals surface area contributed by atoms with E-state index in [9.17, 15) is 0 Å². The van der Waals surface area contributed by atoms with Crippen LogP contribution in [0.4, 0.5) is 0 Å². The third kappa shape index (κ3) is 4.14. The van der Waals surface area contributed by atoms with Crippen molar-refractivity contribution in [1.82, 2.24) is 15.3 Å². The summed E-state index contributed by atoms with van der Waals surface area (Å²) in [5, 5.41) is 3.53. The summed E-state index contributed by atoms with van der Waals surface area (Å²) in [5.74, 6) is 0.873. The highest BCUT2D eigenvalue weighted by Gasteiger charge is 2.13. The first-order chi connectivity index (χ1) is 9.29. The van der Waals surface area contributed by atoms with Gasteiger partial charge in [0, 0.05) is 12.4 Å². The SMILES string of the molecule is CCCNC(Cc1cccc(C)c1)c1ncccn1. The molecule has 0 saturated carbocycles. The van der Waals surface area contributed by atoms with Crippen LogP contribution in [0.1, 0.15) is 36.3 Å². The zero-order valence-corrected chi connectivity index (χ0v) is 11.6. The van der Waals surface area contributed by atoms with Gasteiger partial charge in [-0.1, -0.05) is 36.8 Å². The van der Waals surface area contributed by atoms with Crippen molar-refractivity contribution in [2.75, 3.05) is 6.54 Å². The molecular formula is C16H21N3. The van der Waals surface area contributed by atoms with Gasteiger partial charge in [0.1, 0.15) is 5.82 Å². The van der Waals surface area contributed by atoms with Crippen LogP contribution in [0.25, 0.3) is 0 Å². The van der Waals surface area contributed by atoms with Crippen LogP contribution in [0.5, 0.6) is 0 Å². The number of rotatable bonds is 6. The molecular weight excluding hydrogens is 234 g/mol. The molecule has 3 nitrogen and oxygen atoms in total. The topological polar surface area (TPSA) is 37.8 Å². The number of aromatic nitrogens is 2. The summed E-state index contributed by atoms with van der Waals surface area (Å²) >= 11 is 0. The highest BCUT2D eigenvalue weighted by atomic mass is 15.0. The molecule has 0 aliphatic heterocycles. The van der Waals surface area contributed by atoms with Crippen molar-refractivity contribution in [2.45, 2.75) is 32.7 Å². The molecule has 0 saturated heterocycles. The first-order valence-electron chi connectivity index (χ1n) is 6.85. The summed E-state index contributed by atoms with van der Waals surface area (Å²) in [6, 6.07) is 10.7. The van der Waals surface area contributed by atoms with E-state index in [1.165, 1.54) is 11.1 Å². The van der Waals surface area contributed by atoms with Gasteiger partial charge in [-0.3, -0.25) is 0 Å². The smallest absolute Gasteiger partial charge is 0.145 e. The average Bonchev–Trinajstić information content (AvgIpc) is 2.44. The molecule has 1 atom stereocenters. The minimum Gasteiger partial charge on any atom is -0.307 e. The maximum atomic E-state index is 4.38. The number of hydrogen-bond donors (Lipinski definition) is 1. The second-order valence-electron chi connectivity index (χ2n) is 4.81. The van der Waals surface area contributed by atoms with Crippen molar-refractivity contribution in [3.8, 4) is 0 Å². The fourth-order valence-electron chi connectivity index (χ4n) is 2.14. The lowest BCUT2D eigenvalue weighted by Gasteiger charge is -2.17. The van der Waals surface area contributed by atoms with Crippen LogP contribution in [0.2, 0.25) is 0 Å². The Balaban J connectivity index is 2.14. The number of hydrogen-bond acceptors (Lipinski definition) is 3. The largest absolute Gasteiger partial charge is 0.307 e. The molecule has 3 heteroatoms. The Kier molecular flexibility index (Phi) is 5.04. The highest BCUT2D eigenvalue weighted by Crippen LogP contribution is 2.15. The lowest BCUT2D eigenvalue weighted by Crippen LogP contribution is -2.25. The van der Waals surface area contributed by atoms with Crippen LogP contribution in [-0.4, -0.2) is 16.5 Å². The second kappa shape index (κ2) is 7.00. The van der Waals surface area contributed by atoms with Crippen LogP contribution < -0.4 is 5.32 Å². The number of nitrogens with zero attached hydrogens (tertiary/aromatic N) is 2. The third-order valence-electron chi connectivity index (χ3n) is 3.06. The van der Waals surface area contributed by atoms with E-state index in [0.29, 0.717) is 0 Å². The summed E-state index contributed by atoms with van der Waals surface area (Å²) in [7, 11) is 0. The van der Waals surface area contributed by atoms with Crippen molar-refractivity contribution in [3.63, 3.8) is 0 Å². The maximum absolute atomic E-state index is 4.38. The second-order valence-corrected chi connectivity index (χ2v) is 4.81. The summed E-state index contributed by atoms with van der Waals surface area (Å²) in [4.78, 5) is 8.75. The Morgan fingerprint density at radius 3 is 2.63 bits per heavy atom. The lowest BCUT2D eigenvalue weighted by molar-refractivity contribution is 0.504. The molecule has 1 heterocycles. The molecule has 1 aromatic carbocycles. The molecule has 0 aliphatic carbocycles. The van der Waals surface area contributed by atoms with Crippen LogP contribution >= 0.6 is 0 Å². The normalized spacial score (nSPS) is 12.3. The van der Waals surface area contributed by atoms with Gasteiger partial charge in [-0.25, -0.2) is 9.97 Å². The van der Waals surface area contributed by atoms with Crippen molar-refractivity contribution < 1.29 is 0 Å². The van der Waals surface area contributed by atoms with E-state index in [-0.39, 0.29) is 6.04 Å². The minimum absolute atomic E-state index is 0.183. The molecule has 1 aromatic heterocycles. The van der Waals surface area contributed by atoms with Gasteiger partial charge in [0.2, 0.25) is 0 Å². The zero-order valence-electron chi connectivity index (χ0n) is 11.6. The van der Waals surface area contributed by atoms with Gasteiger partial charge in [0.05, 0.1) is 6.04 Å². The van der Waals surface area contributed by atoms with Gasteiger partial charge in [0.25, 0.3) is 0 Å². The number of aryl methyl sites for hydroxylation is 1. The van der Waals surface area contributed by atoms with Crippen LogP contribution in [0.15, 0.2) is 42.7 Å². The predicted octanol–water partition coefficient (Wildman–Crippen LogP) is 3.07. The summed E-state index contributed by atoms with van der Waals surface area (Å²) in [6.07, 6.45) is 5.64. The molecule has 100 valence electrons. The Morgan fingerprint density at radius 1 is 1.16 bits per heavy atom. The number of benzene rings is 1. The van der Waals surface area contributed by atoms with Gasteiger partial charge in [-0.2, -0.15) is 0 Å². The van der Waals surface area contributed by atoms with Gasteiger partial charge in [-0.05, 0) is 37.9 Å². The van der Waals surface area contributed by atoms with E-state index in [4.69, 9.17) is 0 Å². The molecule has 2 aromatic rings. The Bertz CT molecular complexity index is 496. The van der Waals surface area contributed by atoms with Crippen molar-refractivity contribution in [3.05, 3.63) is 59.7 Å². The average molecular weight is 255 g/mol. The zero-order chi connectivity index (χ0) is 13.5. The molecule has 0 amide bonds. The highest BCUT2D eigenvalue weighted by molar-refractivity contribution is 5.23. The predicted molar refractivity (Wildman–Crippen MR) is 77.9 cm³/mol. The Labute approximate surface area is 115 Å². The first-order valence-corrected chi connectivity index (χ1v) is 6.85.